The molecule has 4 nitrogen and oxygen atoms in total. The zero-order valence-electron chi connectivity index (χ0n) is 11.2. The van der Waals surface area contributed by atoms with Gasteiger partial charge in [0.2, 0.25) is 0 Å². The maximum Gasteiger partial charge on any atom is 0.172 e. The molecule has 1 saturated heterocycles. The van der Waals surface area contributed by atoms with Crippen molar-refractivity contribution in [2.75, 3.05) is 19.0 Å². The lowest BCUT2D eigenvalue weighted by Crippen LogP contribution is -2.30. The van der Waals surface area contributed by atoms with Gasteiger partial charge in [0.05, 0.1) is 36.2 Å². The quantitative estimate of drug-likeness (QED) is 0.826. The van der Waals surface area contributed by atoms with Crippen LogP contribution in [0.15, 0.2) is 29.2 Å². The second-order valence-corrected chi connectivity index (χ2v) is 6.30. The highest BCUT2D eigenvalue weighted by Crippen LogP contribution is 2.23. The largest absolute Gasteiger partial charge is 0.347 e. The number of Topliss-reactive ketones (excluding diaryl/α,β-unsaturated/α-hetero) is 1. The Morgan fingerprint density at radius 2 is 1.84 bits per heavy atom. The van der Waals surface area contributed by atoms with Crippen LogP contribution in [-0.4, -0.2) is 34.7 Å². The third-order valence-electron chi connectivity index (χ3n) is 2.99. The first-order chi connectivity index (χ1) is 8.98. The summed E-state index contributed by atoms with van der Waals surface area (Å²) < 4.78 is 22.8. The van der Waals surface area contributed by atoms with Crippen LogP contribution in [0, 0.1) is 6.92 Å². The summed E-state index contributed by atoms with van der Waals surface area (Å²) in [5.41, 5.74) is 1.10. The van der Waals surface area contributed by atoms with E-state index in [0.29, 0.717) is 18.1 Å². The summed E-state index contributed by atoms with van der Waals surface area (Å²) in [5, 5.41) is 0. The van der Waals surface area contributed by atoms with Crippen LogP contribution in [0.25, 0.3) is 0 Å². The summed E-state index contributed by atoms with van der Waals surface area (Å²) in [6.45, 7) is 4.72. The average molecular weight is 282 g/mol. The molecule has 1 heterocycles. The van der Waals surface area contributed by atoms with Crippen molar-refractivity contribution in [2.24, 2.45) is 0 Å². The first-order valence-corrected chi connectivity index (χ1v) is 7.55. The Hall–Kier alpha value is -1.04. The molecule has 1 aromatic carbocycles. The molecule has 1 aliphatic rings. The first-order valence-electron chi connectivity index (χ1n) is 6.23. The molecule has 1 aromatic rings. The molecule has 5 heteroatoms. The Morgan fingerprint density at radius 1 is 1.26 bits per heavy atom. The van der Waals surface area contributed by atoms with Crippen LogP contribution in [0.1, 0.15) is 18.9 Å². The number of carbonyl (C=O) groups excluding carboxylic acids is 1. The number of rotatable bonds is 5. The zero-order valence-corrected chi connectivity index (χ0v) is 12.0. The van der Waals surface area contributed by atoms with Gasteiger partial charge in [-0.05, 0) is 26.0 Å². The SMILES string of the molecule is Cc1ccc(S(=O)CC(=O)CC2(C)OCCO2)cc1. The van der Waals surface area contributed by atoms with Crippen molar-refractivity contribution in [1.29, 1.82) is 0 Å². The molecule has 0 aromatic heterocycles. The number of hydrogen-bond donors (Lipinski definition) is 0. The summed E-state index contributed by atoms with van der Waals surface area (Å²) in [5.74, 6) is -0.941. The Bertz CT molecular complexity index is 475. The van der Waals surface area contributed by atoms with Gasteiger partial charge in [-0.15, -0.1) is 0 Å². The molecule has 1 fully saturated rings. The van der Waals surface area contributed by atoms with Gasteiger partial charge < -0.3 is 9.47 Å². The van der Waals surface area contributed by atoms with E-state index in [1.54, 1.807) is 19.1 Å². The fourth-order valence-electron chi connectivity index (χ4n) is 1.99. The monoisotopic (exact) mass is 282 g/mol. The number of ether oxygens (including phenoxy) is 2. The molecule has 19 heavy (non-hydrogen) atoms. The number of hydrogen-bond acceptors (Lipinski definition) is 4. The van der Waals surface area contributed by atoms with Crippen molar-refractivity contribution < 1.29 is 18.5 Å². The van der Waals surface area contributed by atoms with Gasteiger partial charge in [-0.1, -0.05) is 17.7 Å². The lowest BCUT2D eigenvalue weighted by atomic mass is 10.2. The number of carbonyl (C=O) groups is 1. The number of benzene rings is 1. The maximum atomic E-state index is 12.1. The summed E-state index contributed by atoms with van der Waals surface area (Å²) in [6, 6.07) is 7.37. The Kier molecular flexibility index (Phi) is 4.50. The topological polar surface area (TPSA) is 52.6 Å². The van der Waals surface area contributed by atoms with Crippen LogP contribution in [0.2, 0.25) is 0 Å². The molecule has 0 aliphatic carbocycles. The molecule has 2 rings (SSSR count). The molecule has 1 aliphatic heterocycles. The first kappa shape index (κ1) is 14.4. The van der Waals surface area contributed by atoms with Gasteiger partial charge in [-0.25, -0.2) is 0 Å². The second kappa shape index (κ2) is 5.94. The fourth-order valence-corrected chi connectivity index (χ4v) is 2.99. The summed E-state index contributed by atoms with van der Waals surface area (Å²) >= 11 is 0. The van der Waals surface area contributed by atoms with Crippen molar-refractivity contribution in [2.45, 2.75) is 31.0 Å². The van der Waals surface area contributed by atoms with Crippen molar-refractivity contribution >= 4 is 16.6 Å². The van der Waals surface area contributed by atoms with E-state index in [4.69, 9.17) is 9.47 Å². The van der Waals surface area contributed by atoms with Gasteiger partial charge in [0, 0.05) is 4.90 Å². The average Bonchev–Trinajstić information content (AvgIpc) is 2.76. The van der Waals surface area contributed by atoms with E-state index >= 15 is 0 Å². The van der Waals surface area contributed by atoms with Crippen molar-refractivity contribution in [3.8, 4) is 0 Å². The molecule has 104 valence electrons. The minimum Gasteiger partial charge on any atom is -0.347 e. The predicted molar refractivity (Wildman–Crippen MR) is 72.4 cm³/mol. The van der Waals surface area contributed by atoms with Crippen molar-refractivity contribution in [3.05, 3.63) is 29.8 Å². The van der Waals surface area contributed by atoms with Gasteiger partial charge in [0.1, 0.15) is 0 Å². The summed E-state index contributed by atoms with van der Waals surface area (Å²) in [7, 11) is -1.30. The van der Waals surface area contributed by atoms with Crippen molar-refractivity contribution in [1.82, 2.24) is 0 Å². The third-order valence-corrected chi connectivity index (χ3v) is 4.37. The van der Waals surface area contributed by atoms with E-state index in [1.165, 1.54) is 0 Å². The van der Waals surface area contributed by atoms with E-state index in [2.05, 4.69) is 0 Å². The van der Waals surface area contributed by atoms with Crippen molar-refractivity contribution in [3.63, 3.8) is 0 Å². The third kappa shape index (κ3) is 3.96. The molecular weight excluding hydrogens is 264 g/mol. The van der Waals surface area contributed by atoms with E-state index < -0.39 is 16.6 Å². The van der Waals surface area contributed by atoms with Gasteiger partial charge in [0.25, 0.3) is 0 Å². The van der Waals surface area contributed by atoms with E-state index in [-0.39, 0.29) is 18.0 Å². The molecular formula is C14H18O4S. The lowest BCUT2D eigenvalue weighted by molar-refractivity contribution is -0.156. The highest BCUT2D eigenvalue weighted by molar-refractivity contribution is 7.85. The smallest absolute Gasteiger partial charge is 0.172 e. The van der Waals surface area contributed by atoms with E-state index in [1.807, 2.05) is 19.1 Å². The Morgan fingerprint density at radius 3 is 2.42 bits per heavy atom. The van der Waals surface area contributed by atoms with Crippen LogP contribution >= 0.6 is 0 Å². The molecule has 0 N–H and O–H groups in total. The van der Waals surface area contributed by atoms with Crippen LogP contribution in [0.4, 0.5) is 0 Å². The van der Waals surface area contributed by atoms with Gasteiger partial charge in [-0.3, -0.25) is 9.00 Å². The lowest BCUT2D eigenvalue weighted by Gasteiger charge is -2.20. The second-order valence-electron chi connectivity index (χ2n) is 4.85. The molecule has 0 radical (unpaired) electrons. The molecule has 1 unspecified atom stereocenters. The normalized spacial score (nSPS) is 19.3. The highest BCUT2D eigenvalue weighted by Gasteiger charge is 2.33. The molecule has 0 bridgehead atoms. The van der Waals surface area contributed by atoms with Crippen LogP contribution in [-0.2, 0) is 25.1 Å². The van der Waals surface area contributed by atoms with Gasteiger partial charge in [0.15, 0.2) is 11.6 Å². The van der Waals surface area contributed by atoms with E-state index in [9.17, 15) is 9.00 Å². The molecule has 0 saturated carbocycles. The fraction of sp³-hybridized carbons (Fsp3) is 0.500. The predicted octanol–water partition coefficient (Wildman–Crippen LogP) is 1.82. The Labute approximate surface area is 115 Å². The standard InChI is InChI=1S/C14H18O4S/c1-11-3-5-13(6-4-11)19(16)10-12(15)9-14(2)17-7-8-18-14/h3-6H,7-10H2,1-2H3. The molecule has 0 amide bonds. The Balaban J connectivity index is 1.91. The number of ketones is 1. The minimum absolute atomic E-state index is 0.00533. The van der Waals surface area contributed by atoms with Crippen LogP contribution in [0.3, 0.4) is 0 Å². The van der Waals surface area contributed by atoms with Gasteiger partial charge in [-0.2, -0.15) is 0 Å². The minimum atomic E-state index is -1.30. The molecule has 0 spiro atoms. The van der Waals surface area contributed by atoms with Crippen LogP contribution < -0.4 is 0 Å². The maximum absolute atomic E-state index is 12.1. The molecule has 1 atom stereocenters. The zero-order chi connectivity index (χ0) is 13.9. The highest BCUT2D eigenvalue weighted by atomic mass is 32.2. The van der Waals surface area contributed by atoms with E-state index in [0.717, 1.165) is 5.56 Å². The van der Waals surface area contributed by atoms with Crippen LogP contribution in [0.5, 0.6) is 0 Å². The van der Waals surface area contributed by atoms with Gasteiger partial charge >= 0.3 is 0 Å². The summed E-state index contributed by atoms with van der Waals surface area (Å²) in [6.07, 6.45) is 0.143. The number of aryl methyl sites for hydroxylation is 1. The summed E-state index contributed by atoms with van der Waals surface area (Å²) in [4.78, 5) is 12.6.